The Kier molecular flexibility index (Phi) is 4.11. The summed E-state index contributed by atoms with van der Waals surface area (Å²) in [6.45, 7) is 2.50. The number of nitrogens with zero attached hydrogens (tertiary/aromatic N) is 2. The van der Waals surface area contributed by atoms with E-state index in [0.717, 1.165) is 9.88 Å². The predicted octanol–water partition coefficient (Wildman–Crippen LogP) is 1.77. The van der Waals surface area contributed by atoms with Crippen LogP contribution < -0.4 is 0 Å². The molecule has 1 heterocycles. The second-order valence-corrected chi connectivity index (χ2v) is 4.44. The third kappa shape index (κ3) is 3.13. The van der Waals surface area contributed by atoms with Crippen LogP contribution in [-0.4, -0.2) is 22.8 Å². The number of carbonyl (C=O) groups is 1. The van der Waals surface area contributed by atoms with Gasteiger partial charge in [-0.1, -0.05) is 0 Å². The molecular weight excluding hydrogens is 264 g/mol. The van der Waals surface area contributed by atoms with Gasteiger partial charge < -0.3 is 4.90 Å². The van der Waals surface area contributed by atoms with Gasteiger partial charge in [0.2, 0.25) is 0 Å². The molecule has 0 unspecified atom stereocenters. The molecule has 0 aromatic carbocycles. The van der Waals surface area contributed by atoms with Crippen LogP contribution in [0.1, 0.15) is 9.88 Å². The van der Waals surface area contributed by atoms with Crippen LogP contribution in [0.3, 0.4) is 0 Å². The zero-order valence-corrected chi connectivity index (χ0v) is 10.3. The highest BCUT2D eigenvalue weighted by Gasteiger charge is 2.07. The van der Waals surface area contributed by atoms with E-state index in [9.17, 15) is 4.79 Å². The number of hydrogen-bond acceptors (Lipinski definition) is 3. The molecule has 0 saturated carbocycles. The third-order valence-corrected chi connectivity index (χ3v) is 2.66. The number of amides is 1. The summed E-state index contributed by atoms with van der Waals surface area (Å²) >= 11 is 4.48. The van der Waals surface area contributed by atoms with Gasteiger partial charge in [-0.25, -0.2) is 4.98 Å². The first-order valence-corrected chi connectivity index (χ1v) is 5.52. The van der Waals surface area contributed by atoms with Gasteiger partial charge in [0, 0.05) is 40.0 Å². The van der Waals surface area contributed by atoms with Crippen molar-refractivity contribution in [3.05, 3.63) is 16.1 Å². The molecule has 0 atom stereocenters. The average molecular weight is 273 g/mol. The zero-order valence-electron chi connectivity index (χ0n) is 7.87. The van der Waals surface area contributed by atoms with E-state index in [2.05, 4.69) is 31.7 Å². The molecule has 0 N–H and O–H groups in total. The summed E-state index contributed by atoms with van der Waals surface area (Å²) in [7, 11) is 1.72. The van der Waals surface area contributed by atoms with Crippen molar-refractivity contribution in [2.24, 2.45) is 0 Å². The summed E-state index contributed by atoms with van der Waals surface area (Å²) in [6.07, 6.45) is 1.78. The van der Waals surface area contributed by atoms with Gasteiger partial charge in [0.15, 0.2) is 0 Å². The fourth-order valence-corrected chi connectivity index (χ4v) is 1.94. The molecule has 1 aromatic heterocycles. The SMILES string of the molecule is Cc1ncc(CN(C)C(=O)C#CBr)s1. The Morgan fingerprint density at radius 1 is 1.79 bits per heavy atom. The molecule has 0 fully saturated rings. The Morgan fingerprint density at radius 3 is 3.00 bits per heavy atom. The van der Waals surface area contributed by atoms with Gasteiger partial charge in [-0.2, -0.15) is 0 Å². The van der Waals surface area contributed by atoms with E-state index in [1.165, 1.54) is 0 Å². The minimum atomic E-state index is -0.201. The fraction of sp³-hybridized carbons (Fsp3) is 0.333. The number of halogens is 1. The van der Waals surface area contributed by atoms with E-state index in [1.54, 1.807) is 29.5 Å². The van der Waals surface area contributed by atoms with Crippen molar-refractivity contribution in [1.82, 2.24) is 9.88 Å². The van der Waals surface area contributed by atoms with Crippen LogP contribution in [0.5, 0.6) is 0 Å². The van der Waals surface area contributed by atoms with Crippen molar-refractivity contribution in [2.45, 2.75) is 13.5 Å². The quantitative estimate of drug-likeness (QED) is 0.769. The highest BCUT2D eigenvalue weighted by atomic mass is 79.9. The number of hydrogen-bond donors (Lipinski definition) is 0. The van der Waals surface area contributed by atoms with Gasteiger partial charge in [0.1, 0.15) is 0 Å². The van der Waals surface area contributed by atoms with E-state index in [4.69, 9.17) is 0 Å². The smallest absolute Gasteiger partial charge is 0.299 e. The standard InChI is InChI=1S/C9H9BrN2OS/c1-7-11-5-8(14-7)6-12(2)9(13)3-4-10/h5H,6H2,1-2H3. The summed E-state index contributed by atoms with van der Waals surface area (Å²) in [5.74, 6) is 2.21. The largest absolute Gasteiger partial charge is 0.330 e. The summed E-state index contributed by atoms with van der Waals surface area (Å²) < 4.78 is 0. The van der Waals surface area contributed by atoms with Crippen molar-refractivity contribution >= 4 is 33.2 Å². The molecule has 1 amide bonds. The minimum Gasteiger partial charge on any atom is -0.330 e. The first-order valence-electron chi connectivity index (χ1n) is 3.91. The highest BCUT2D eigenvalue weighted by molar-refractivity contribution is 9.12. The Bertz CT molecular complexity index is 391. The van der Waals surface area contributed by atoms with Gasteiger partial charge >= 0.3 is 0 Å². The Balaban J connectivity index is 2.59. The molecule has 5 heteroatoms. The maximum absolute atomic E-state index is 11.3. The van der Waals surface area contributed by atoms with Crippen molar-refractivity contribution in [1.29, 1.82) is 0 Å². The molecule has 1 aromatic rings. The summed E-state index contributed by atoms with van der Waals surface area (Å²) in [5.41, 5.74) is 0. The molecule has 0 spiro atoms. The second-order valence-electron chi connectivity index (χ2n) is 2.73. The number of aryl methyl sites for hydroxylation is 1. The van der Waals surface area contributed by atoms with Gasteiger partial charge in [0.05, 0.1) is 11.6 Å². The molecule has 14 heavy (non-hydrogen) atoms. The molecule has 74 valence electrons. The van der Waals surface area contributed by atoms with Gasteiger partial charge in [-0.15, -0.1) is 11.3 Å². The molecule has 0 bridgehead atoms. The molecule has 0 saturated heterocycles. The van der Waals surface area contributed by atoms with Crippen molar-refractivity contribution < 1.29 is 4.79 Å². The van der Waals surface area contributed by atoms with Gasteiger partial charge in [-0.05, 0) is 11.8 Å². The minimum absolute atomic E-state index is 0.201. The lowest BCUT2D eigenvalue weighted by Gasteiger charge is -2.11. The molecule has 1 rings (SSSR count). The first kappa shape index (κ1) is 11.2. The van der Waals surface area contributed by atoms with Crippen LogP contribution in [0.2, 0.25) is 0 Å². The van der Waals surface area contributed by atoms with Crippen molar-refractivity contribution in [2.75, 3.05) is 7.05 Å². The summed E-state index contributed by atoms with van der Waals surface area (Å²) in [6, 6.07) is 0. The number of thiazole rings is 1. The van der Waals surface area contributed by atoms with E-state index in [0.29, 0.717) is 6.54 Å². The summed E-state index contributed by atoms with van der Waals surface area (Å²) in [4.78, 5) is 20.4. The lowest BCUT2D eigenvalue weighted by atomic mass is 10.4. The average Bonchev–Trinajstić information content (AvgIpc) is 2.51. The number of rotatable bonds is 2. The van der Waals surface area contributed by atoms with Crippen LogP contribution in [0.25, 0.3) is 0 Å². The highest BCUT2D eigenvalue weighted by Crippen LogP contribution is 2.13. The molecular formula is C9H9BrN2OS. The monoisotopic (exact) mass is 272 g/mol. The normalized spacial score (nSPS) is 9.07. The lowest BCUT2D eigenvalue weighted by molar-refractivity contribution is -0.124. The predicted molar refractivity (Wildman–Crippen MR) is 60.0 cm³/mol. The first-order chi connectivity index (χ1) is 6.63. The van der Waals surface area contributed by atoms with Crippen LogP contribution in [-0.2, 0) is 11.3 Å². The Hall–Kier alpha value is -0.860. The van der Waals surface area contributed by atoms with Gasteiger partial charge in [0.25, 0.3) is 5.91 Å². The van der Waals surface area contributed by atoms with E-state index >= 15 is 0 Å². The zero-order chi connectivity index (χ0) is 10.6. The topological polar surface area (TPSA) is 33.2 Å². The summed E-state index contributed by atoms with van der Waals surface area (Å²) in [5, 5.41) is 1.01. The molecule has 0 aliphatic carbocycles. The molecule has 3 nitrogen and oxygen atoms in total. The molecule has 0 aliphatic heterocycles. The van der Waals surface area contributed by atoms with E-state index in [1.807, 2.05) is 6.92 Å². The molecule has 0 aliphatic rings. The Labute approximate surface area is 95.3 Å². The lowest BCUT2D eigenvalue weighted by Crippen LogP contribution is -2.23. The maximum Gasteiger partial charge on any atom is 0.299 e. The molecule has 0 radical (unpaired) electrons. The Morgan fingerprint density at radius 2 is 2.50 bits per heavy atom. The number of aromatic nitrogens is 1. The second kappa shape index (κ2) is 5.13. The maximum atomic E-state index is 11.3. The van der Waals surface area contributed by atoms with Crippen LogP contribution in [0, 0.1) is 17.7 Å². The van der Waals surface area contributed by atoms with Gasteiger partial charge in [-0.3, -0.25) is 4.79 Å². The van der Waals surface area contributed by atoms with Crippen LogP contribution in [0.4, 0.5) is 0 Å². The van der Waals surface area contributed by atoms with Crippen molar-refractivity contribution in [3.63, 3.8) is 0 Å². The van der Waals surface area contributed by atoms with Crippen molar-refractivity contribution in [3.8, 4) is 10.8 Å². The van der Waals surface area contributed by atoms with E-state index < -0.39 is 0 Å². The third-order valence-electron chi connectivity index (χ3n) is 1.56. The van der Waals surface area contributed by atoms with E-state index in [-0.39, 0.29) is 5.91 Å². The number of carbonyl (C=O) groups excluding carboxylic acids is 1. The van der Waals surface area contributed by atoms with Crippen LogP contribution >= 0.6 is 27.3 Å². The fourth-order valence-electron chi connectivity index (χ4n) is 0.920. The van der Waals surface area contributed by atoms with Crippen LogP contribution in [0.15, 0.2) is 6.20 Å².